The Hall–Kier alpha value is -1.27. The quantitative estimate of drug-likeness (QED) is 0.668. The predicted octanol–water partition coefficient (Wildman–Crippen LogP) is 4.27. The molecule has 1 rings (SSSR count). The Morgan fingerprint density at radius 1 is 0.923 bits per heavy atom. The fourth-order valence-corrected chi connectivity index (χ4v) is 1.49. The monoisotopic (exact) mass is 190 g/mol. The van der Waals surface area contributed by atoms with Gasteiger partial charge in [0.15, 0.2) is 0 Å². The summed E-state index contributed by atoms with van der Waals surface area (Å²) < 4.78 is 0. The molecule has 13 heavy (non-hydrogen) atoms. The highest BCUT2D eigenvalue weighted by molar-refractivity contribution is 6.33. The van der Waals surface area contributed by atoms with Gasteiger partial charge in [0.2, 0.25) is 0 Å². The van der Waals surface area contributed by atoms with Crippen LogP contribution >= 0.6 is 11.6 Å². The maximum atomic E-state index is 6.10. The lowest BCUT2D eigenvalue weighted by atomic mass is 10.0. The van der Waals surface area contributed by atoms with Gasteiger partial charge in [0.25, 0.3) is 0 Å². The topological polar surface area (TPSA) is 0 Å². The molecular weight excluding hydrogens is 180 g/mol. The smallest absolute Gasteiger partial charge is 0.0556 e. The highest BCUT2D eigenvalue weighted by atomic mass is 35.5. The van der Waals surface area contributed by atoms with Crippen LogP contribution < -0.4 is 0 Å². The first-order chi connectivity index (χ1) is 6.24. The van der Waals surface area contributed by atoms with E-state index in [1.807, 2.05) is 12.1 Å². The van der Waals surface area contributed by atoms with E-state index in [9.17, 15) is 0 Å². The van der Waals surface area contributed by atoms with Gasteiger partial charge < -0.3 is 0 Å². The van der Waals surface area contributed by atoms with Crippen LogP contribution in [0.1, 0.15) is 16.7 Å². The van der Waals surface area contributed by atoms with Crippen LogP contribution in [0.2, 0.25) is 5.02 Å². The molecule has 0 heterocycles. The van der Waals surface area contributed by atoms with Crippen LogP contribution in [-0.2, 0) is 0 Å². The summed E-state index contributed by atoms with van der Waals surface area (Å²) in [5.41, 5.74) is 2.82. The molecule has 0 aromatic heterocycles. The van der Waals surface area contributed by atoms with Crippen molar-refractivity contribution in [1.82, 2.24) is 0 Å². The number of hydrogen-bond acceptors (Lipinski definition) is 0. The van der Waals surface area contributed by atoms with Gasteiger partial charge in [0.1, 0.15) is 0 Å². The molecule has 0 saturated heterocycles. The molecule has 0 aliphatic carbocycles. The summed E-state index contributed by atoms with van der Waals surface area (Å²) in [6.07, 6.45) is 5.21. The third-order valence-corrected chi connectivity index (χ3v) is 2.31. The second kappa shape index (κ2) is 4.11. The Morgan fingerprint density at radius 3 is 1.92 bits per heavy atom. The lowest BCUT2D eigenvalue weighted by Crippen LogP contribution is -1.85. The second-order valence-electron chi connectivity index (χ2n) is 2.58. The van der Waals surface area contributed by atoms with E-state index in [4.69, 9.17) is 11.6 Å². The zero-order valence-corrected chi connectivity index (χ0v) is 8.14. The molecule has 0 aliphatic rings. The molecule has 66 valence electrons. The van der Waals surface area contributed by atoms with E-state index < -0.39 is 0 Å². The predicted molar refractivity (Wildman–Crippen MR) is 61.7 cm³/mol. The molecule has 0 N–H and O–H groups in total. The molecule has 0 spiro atoms. The minimum atomic E-state index is 0.683. The van der Waals surface area contributed by atoms with Gasteiger partial charge in [-0.3, -0.25) is 0 Å². The summed E-state index contributed by atoms with van der Waals surface area (Å²) in [6.45, 7) is 11.1. The number of hydrogen-bond donors (Lipinski definition) is 0. The van der Waals surface area contributed by atoms with Crippen LogP contribution in [0.5, 0.6) is 0 Å². The average molecular weight is 191 g/mol. The van der Waals surface area contributed by atoms with Gasteiger partial charge in [-0.05, 0) is 11.1 Å². The summed E-state index contributed by atoms with van der Waals surface area (Å²) in [5, 5.41) is 0.683. The molecule has 0 atom stereocenters. The lowest BCUT2D eigenvalue weighted by Gasteiger charge is -2.06. The Morgan fingerprint density at radius 2 is 1.46 bits per heavy atom. The van der Waals surface area contributed by atoms with Crippen molar-refractivity contribution in [3.63, 3.8) is 0 Å². The number of benzene rings is 1. The molecule has 0 fully saturated rings. The van der Waals surface area contributed by atoms with Gasteiger partial charge in [0.05, 0.1) is 5.02 Å². The molecule has 0 saturated carbocycles. The molecule has 0 unspecified atom stereocenters. The minimum absolute atomic E-state index is 0.683. The van der Waals surface area contributed by atoms with E-state index in [1.165, 1.54) is 0 Å². The van der Waals surface area contributed by atoms with E-state index in [2.05, 4.69) is 19.7 Å². The summed E-state index contributed by atoms with van der Waals surface area (Å²) >= 11 is 6.10. The summed E-state index contributed by atoms with van der Waals surface area (Å²) in [6, 6.07) is 3.87. The largest absolute Gasteiger partial charge is 0.0984 e. The summed E-state index contributed by atoms with van der Waals surface area (Å²) in [5.74, 6) is 0. The lowest BCUT2D eigenvalue weighted by molar-refractivity contribution is 1.58. The molecule has 1 aromatic carbocycles. The maximum absolute atomic E-state index is 6.10. The average Bonchev–Trinajstić information content (AvgIpc) is 2.17. The maximum Gasteiger partial charge on any atom is 0.0556 e. The Labute approximate surface area is 83.9 Å². The normalized spacial score (nSPS) is 9.31. The highest BCUT2D eigenvalue weighted by Crippen LogP contribution is 2.27. The van der Waals surface area contributed by atoms with E-state index in [0.717, 1.165) is 16.7 Å². The van der Waals surface area contributed by atoms with Crippen molar-refractivity contribution >= 4 is 29.8 Å². The third kappa shape index (κ3) is 1.73. The van der Waals surface area contributed by atoms with Gasteiger partial charge in [0, 0.05) is 5.56 Å². The van der Waals surface area contributed by atoms with Crippen molar-refractivity contribution in [3.05, 3.63) is 53.6 Å². The van der Waals surface area contributed by atoms with Crippen LogP contribution in [0.25, 0.3) is 18.2 Å². The van der Waals surface area contributed by atoms with Crippen molar-refractivity contribution in [3.8, 4) is 0 Å². The van der Waals surface area contributed by atoms with Crippen LogP contribution in [0.3, 0.4) is 0 Å². The zero-order chi connectivity index (χ0) is 9.84. The standard InChI is InChI=1S/C12H11Cl/c1-4-9-7-8-10(5-2)12(13)11(9)6-3/h4-8H,1-3H2. The van der Waals surface area contributed by atoms with Gasteiger partial charge in [-0.1, -0.05) is 61.7 Å². The van der Waals surface area contributed by atoms with Crippen LogP contribution in [-0.4, -0.2) is 0 Å². The third-order valence-electron chi connectivity index (χ3n) is 1.89. The molecule has 0 bridgehead atoms. The zero-order valence-electron chi connectivity index (χ0n) is 7.39. The van der Waals surface area contributed by atoms with Gasteiger partial charge in [-0.15, -0.1) is 0 Å². The van der Waals surface area contributed by atoms with Gasteiger partial charge >= 0.3 is 0 Å². The SMILES string of the molecule is C=Cc1ccc(C=C)c(C=C)c1Cl. The molecule has 1 heteroatoms. The first kappa shape index (κ1) is 9.82. The van der Waals surface area contributed by atoms with Crippen LogP contribution in [0.4, 0.5) is 0 Å². The second-order valence-corrected chi connectivity index (χ2v) is 2.96. The van der Waals surface area contributed by atoms with E-state index >= 15 is 0 Å². The summed E-state index contributed by atoms with van der Waals surface area (Å²) in [7, 11) is 0. The van der Waals surface area contributed by atoms with Crippen LogP contribution in [0.15, 0.2) is 31.9 Å². The first-order valence-electron chi connectivity index (χ1n) is 3.94. The van der Waals surface area contributed by atoms with E-state index in [-0.39, 0.29) is 0 Å². The number of halogens is 1. The van der Waals surface area contributed by atoms with Crippen molar-refractivity contribution < 1.29 is 0 Å². The molecular formula is C12H11Cl. The molecule has 0 nitrogen and oxygen atoms in total. The fourth-order valence-electron chi connectivity index (χ4n) is 1.17. The van der Waals surface area contributed by atoms with E-state index in [1.54, 1.807) is 18.2 Å². The van der Waals surface area contributed by atoms with Crippen molar-refractivity contribution in [2.75, 3.05) is 0 Å². The van der Waals surface area contributed by atoms with Crippen LogP contribution in [0, 0.1) is 0 Å². The van der Waals surface area contributed by atoms with Crippen molar-refractivity contribution in [1.29, 1.82) is 0 Å². The van der Waals surface area contributed by atoms with Crippen molar-refractivity contribution in [2.24, 2.45) is 0 Å². The Balaban J connectivity index is 3.48. The molecule has 1 aromatic rings. The molecule has 0 amide bonds. The number of rotatable bonds is 3. The highest BCUT2D eigenvalue weighted by Gasteiger charge is 2.04. The fraction of sp³-hybridized carbons (Fsp3) is 0. The van der Waals surface area contributed by atoms with Gasteiger partial charge in [-0.2, -0.15) is 0 Å². The summed E-state index contributed by atoms with van der Waals surface area (Å²) in [4.78, 5) is 0. The first-order valence-corrected chi connectivity index (χ1v) is 4.32. The Bertz CT molecular complexity index is 362. The Kier molecular flexibility index (Phi) is 3.10. The van der Waals surface area contributed by atoms with Crippen molar-refractivity contribution in [2.45, 2.75) is 0 Å². The van der Waals surface area contributed by atoms with E-state index in [0.29, 0.717) is 5.02 Å². The molecule has 0 aliphatic heterocycles. The molecule has 0 radical (unpaired) electrons. The minimum Gasteiger partial charge on any atom is -0.0984 e. The van der Waals surface area contributed by atoms with Gasteiger partial charge in [-0.25, -0.2) is 0 Å².